The van der Waals surface area contributed by atoms with Gasteiger partial charge in [-0.3, -0.25) is 9.89 Å². The lowest BCUT2D eigenvalue weighted by Gasteiger charge is -2.14. The summed E-state index contributed by atoms with van der Waals surface area (Å²) in [5.74, 6) is 1.19. The highest BCUT2D eigenvalue weighted by Crippen LogP contribution is 2.17. The van der Waals surface area contributed by atoms with Crippen LogP contribution >= 0.6 is 0 Å². The average Bonchev–Trinajstić information content (AvgIpc) is 2.72. The summed E-state index contributed by atoms with van der Waals surface area (Å²) in [5.41, 5.74) is 6.52. The fourth-order valence-corrected chi connectivity index (χ4v) is 2.10. The molecule has 102 valence electrons. The molecular weight excluding hydrogens is 228 g/mol. The van der Waals surface area contributed by atoms with E-state index in [-0.39, 0.29) is 5.91 Å². The molecule has 1 unspecified atom stereocenters. The van der Waals surface area contributed by atoms with Crippen molar-refractivity contribution in [1.29, 1.82) is 0 Å². The number of amides is 1. The first-order valence-corrected chi connectivity index (χ1v) is 6.67. The van der Waals surface area contributed by atoms with Gasteiger partial charge in [0.15, 0.2) is 5.82 Å². The maximum atomic E-state index is 11.7. The molecule has 5 nitrogen and oxygen atoms in total. The van der Waals surface area contributed by atoms with E-state index in [1.54, 1.807) is 0 Å². The average molecular weight is 252 g/mol. The number of rotatable bonds is 8. The lowest BCUT2D eigenvalue weighted by molar-refractivity contribution is -0.116. The van der Waals surface area contributed by atoms with E-state index in [1.807, 2.05) is 13.0 Å². The summed E-state index contributed by atoms with van der Waals surface area (Å²) in [6, 6.07) is 1.82. The molecule has 18 heavy (non-hydrogen) atoms. The van der Waals surface area contributed by atoms with Crippen LogP contribution in [0.15, 0.2) is 6.07 Å². The molecule has 4 N–H and O–H groups in total. The van der Waals surface area contributed by atoms with E-state index in [0.29, 0.717) is 24.7 Å². The van der Waals surface area contributed by atoms with E-state index in [0.717, 1.165) is 31.4 Å². The van der Waals surface area contributed by atoms with Crippen LogP contribution in [0.2, 0.25) is 0 Å². The number of nitrogens with zero attached hydrogens (tertiary/aromatic N) is 1. The Labute approximate surface area is 109 Å². The quantitative estimate of drug-likeness (QED) is 0.663. The summed E-state index contributed by atoms with van der Waals surface area (Å²) in [4.78, 5) is 11.7. The van der Waals surface area contributed by atoms with Gasteiger partial charge < -0.3 is 11.1 Å². The first-order chi connectivity index (χ1) is 8.65. The third-order valence-electron chi connectivity index (χ3n) is 3.02. The van der Waals surface area contributed by atoms with Gasteiger partial charge in [-0.1, -0.05) is 19.8 Å². The number of carbonyl (C=O) groups excluding carboxylic acids is 1. The molecule has 1 rings (SSSR count). The zero-order valence-electron chi connectivity index (χ0n) is 11.3. The van der Waals surface area contributed by atoms with Crippen LogP contribution in [0, 0.1) is 12.8 Å². The second-order valence-corrected chi connectivity index (χ2v) is 4.76. The number of carbonyl (C=O) groups is 1. The predicted octanol–water partition coefficient (Wildman–Crippen LogP) is 2.20. The Kier molecular flexibility index (Phi) is 6.43. The van der Waals surface area contributed by atoms with E-state index in [2.05, 4.69) is 22.4 Å². The number of nitrogens with two attached hydrogens (primary N) is 1. The number of anilines is 1. The summed E-state index contributed by atoms with van der Waals surface area (Å²) >= 11 is 0. The number of aromatic nitrogens is 2. The third kappa shape index (κ3) is 5.31. The van der Waals surface area contributed by atoms with Gasteiger partial charge in [0.1, 0.15) is 0 Å². The molecule has 1 heterocycles. The van der Waals surface area contributed by atoms with Crippen LogP contribution in [-0.4, -0.2) is 22.6 Å². The number of hydrogen-bond donors (Lipinski definition) is 3. The standard InChI is InChI=1S/C13H24N4O/c1-3-4-11(7-8-14)5-6-13(18)15-12-9-10(2)16-17-12/h9,11H,3-8,14H2,1-2H3,(H2,15,16,17,18). The molecule has 0 aliphatic carbocycles. The minimum Gasteiger partial charge on any atom is -0.330 e. The molecule has 0 saturated carbocycles. The van der Waals surface area contributed by atoms with Gasteiger partial charge >= 0.3 is 0 Å². The van der Waals surface area contributed by atoms with Crippen molar-refractivity contribution in [3.8, 4) is 0 Å². The van der Waals surface area contributed by atoms with Crippen LogP contribution in [0.3, 0.4) is 0 Å². The van der Waals surface area contributed by atoms with Crippen molar-refractivity contribution in [3.63, 3.8) is 0 Å². The highest BCUT2D eigenvalue weighted by molar-refractivity contribution is 5.89. The monoisotopic (exact) mass is 252 g/mol. The van der Waals surface area contributed by atoms with Crippen molar-refractivity contribution < 1.29 is 4.79 Å². The van der Waals surface area contributed by atoms with E-state index >= 15 is 0 Å². The number of H-pyrrole nitrogens is 1. The number of aromatic amines is 1. The molecule has 1 atom stereocenters. The van der Waals surface area contributed by atoms with Gasteiger partial charge in [0.25, 0.3) is 0 Å². The Hall–Kier alpha value is -1.36. The summed E-state index contributed by atoms with van der Waals surface area (Å²) in [6.45, 7) is 4.77. The normalized spacial score (nSPS) is 12.4. The summed E-state index contributed by atoms with van der Waals surface area (Å²) < 4.78 is 0. The molecule has 5 heteroatoms. The summed E-state index contributed by atoms with van der Waals surface area (Å²) in [5, 5.41) is 9.57. The number of aryl methyl sites for hydroxylation is 1. The molecule has 0 aromatic carbocycles. The van der Waals surface area contributed by atoms with E-state index in [1.165, 1.54) is 0 Å². The number of nitrogens with one attached hydrogen (secondary N) is 2. The van der Waals surface area contributed by atoms with Crippen molar-refractivity contribution in [1.82, 2.24) is 10.2 Å². The largest absolute Gasteiger partial charge is 0.330 e. The molecule has 0 spiro atoms. The smallest absolute Gasteiger partial charge is 0.225 e. The Morgan fingerprint density at radius 2 is 2.28 bits per heavy atom. The zero-order chi connectivity index (χ0) is 13.4. The van der Waals surface area contributed by atoms with Gasteiger partial charge in [-0.05, 0) is 32.2 Å². The van der Waals surface area contributed by atoms with Gasteiger partial charge in [0, 0.05) is 18.2 Å². The molecule has 0 saturated heterocycles. The Bertz CT molecular complexity index is 356. The molecular formula is C13H24N4O. The summed E-state index contributed by atoms with van der Waals surface area (Å²) in [7, 11) is 0. The molecule has 0 radical (unpaired) electrons. The van der Waals surface area contributed by atoms with Crippen LogP contribution in [0.4, 0.5) is 5.82 Å². The van der Waals surface area contributed by atoms with Crippen molar-refractivity contribution in [3.05, 3.63) is 11.8 Å². The minimum atomic E-state index is 0.0274. The minimum absolute atomic E-state index is 0.0274. The molecule has 0 bridgehead atoms. The van der Waals surface area contributed by atoms with Crippen molar-refractivity contribution in [2.24, 2.45) is 11.7 Å². The first kappa shape index (κ1) is 14.7. The second-order valence-electron chi connectivity index (χ2n) is 4.76. The topological polar surface area (TPSA) is 83.8 Å². The maximum absolute atomic E-state index is 11.7. The van der Waals surface area contributed by atoms with Crippen LogP contribution in [0.1, 0.15) is 44.7 Å². The Morgan fingerprint density at radius 1 is 1.50 bits per heavy atom. The van der Waals surface area contributed by atoms with Crippen LogP contribution in [0.5, 0.6) is 0 Å². The lowest BCUT2D eigenvalue weighted by atomic mass is 9.94. The summed E-state index contributed by atoms with van der Waals surface area (Å²) in [6.07, 6.45) is 4.73. The molecule has 1 amide bonds. The molecule has 0 aliphatic rings. The van der Waals surface area contributed by atoms with Gasteiger partial charge in [0.2, 0.25) is 5.91 Å². The zero-order valence-corrected chi connectivity index (χ0v) is 11.3. The molecule has 1 aromatic rings. The van der Waals surface area contributed by atoms with Crippen molar-refractivity contribution >= 4 is 11.7 Å². The fraction of sp³-hybridized carbons (Fsp3) is 0.692. The molecule has 0 aliphatic heterocycles. The van der Waals surface area contributed by atoms with Crippen LogP contribution < -0.4 is 11.1 Å². The fourth-order valence-electron chi connectivity index (χ4n) is 2.10. The SMILES string of the molecule is CCCC(CCN)CCC(=O)Nc1cc(C)[nH]n1. The van der Waals surface area contributed by atoms with Crippen molar-refractivity contribution in [2.45, 2.75) is 46.0 Å². The Morgan fingerprint density at radius 3 is 2.83 bits per heavy atom. The highest BCUT2D eigenvalue weighted by Gasteiger charge is 2.11. The third-order valence-corrected chi connectivity index (χ3v) is 3.02. The van der Waals surface area contributed by atoms with E-state index < -0.39 is 0 Å². The van der Waals surface area contributed by atoms with Gasteiger partial charge in [0.05, 0.1) is 0 Å². The number of hydrogen-bond acceptors (Lipinski definition) is 3. The van der Waals surface area contributed by atoms with E-state index in [4.69, 9.17) is 5.73 Å². The van der Waals surface area contributed by atoms with E-state index in [9.17, 15) is 4.79 Å². The lowest BCUT2D eigenvalue weighted by Crippen LogP contribution is -2.15. The van der Waals surface area contributed by atoms with Crippen molar-refractivity contribution in [2.75, 3.05) is 11.9 Å². The van der Waals surface area contributed by atoms with Gasteiger partial charge in [-0.15, -0.1) is 0 Å². The molecule has 1 aromatic heterocycles. The highest BCUT2D eigenvalue weighted by atomic mass is 16.1. The second kappa shape index (κ2) is 7.87. The van der Waals surface area contributed by atoms with Crippen LogP contribution in [-0.2, 0) is 4.79 Å². The maximum Gasteiger partial charge on any atom is 0.225 e. The Balaban J connectivity index is 2.30. The molecule has 0 fully saturated rings. The van der Waals surface area contributed by atoms with Crippen LogP contribution in [0.25, 0.3) is 0 Å². The first-order valence-electron chi connectivity index (χ1n) is 6.67. The van der Waals surface area contributed by atoms with Gasteiger partial charge in [-0.25, -0.2) is 0 Å². The predicted molar refractivity (Wildman–Crippen MR) is 73.3 cm³/mol. The van der Waals surface area contributed by atoms with Gasteiger partial charge in [-0.2, -0.15) is 5.10 Å².